The molecule has 1 aliphatic heterocycles. The number of hydrogen-bond acceptors (Lipinski definition) is 1. The molecule has 2 unspecified atom stereocenters. The minimum absolute atomic E-state index is 0.0682. The summed E-state index contributed by atoms with van der Waals surface area (Å²) in [6.45, 7) is 10.7. The van der Waals surface area contributed by atoms with E-state index in [1.807, 2.05) is 6.92 Å². The maximum absolute atomic E-state index is 14.6. The van der Waals surface area contributed by atoms with Crippen LogP contribution in [0.3, 0.4) is 0 Å². The van der Waals surface area contributed by atoms with Crippen molar-refractivity contribution in [1.29, 1.82) is 0 Å². The van der Waals surface area contributed by atoms with Crippen LogP contribution in [0.1, 0.15) is 47.5 Å². The topological polar surface area (TPSA) is 20.3 Å². The Labute approximate surface area is 104 Å². The Morgan fingerprint density at radius 1 is 1.29 bits per heavy atom. The summed E-state index contributed by atoms with van der Waals surface area (Å²) in [5, 5.41) is 0. The highest BCUT2D eigenvalue weighted by molar-refractivity contribution is 5.85. The zero-order valence-corrected chi connectivity index (χ0v) is 11.6. The molecule has 3 heteroatoms. The second-order valence-electron chi connectivity index (χ2n) is 7.44. The molecule has 0 aromatic rings. The van der Waals surface area contributed by atoms with Gasteiger partial charge in [-0.1, -0.05) is 27.7 Å². The molecule has 1 heterocycles. The predicted octanol–water partition coefficient (Wildman–Crippen LogP) is 3.02. The zero-order chi connectivity index (χ0) is 13.1. The average molecular weight is 241 g/mol. The first-order valence-electron chi connectivity index (χ1n) is 6.55. The van der Waals surface area contributed by atoms with Crippen molar-refractivity contribution < 1.29 is 9.18 Å². The maximum Gasteiger partial charge on any atom is 0.228 e. The molecule has 2 atom stereocenters. The van der Waals surface area contributed by atoms with Crippen molar-refractivity contribution in [2.75, 3.05) is 13.1 Å². The monoisotopic (exact) mass is 241 g/mol. The Hall–Kier alpha value is -0.600. The Morgan fingerprint density at radius 2 is 1.82 bits per heavy atom. The molecular formula is C14H24FNO. The highest BCUT2D eigenvalue weighted by Gasteiger charge is 2.54. The molecule has 2 rings (SSSR count). The highest BCUT2D eigenvalue weighted by atomic mass is 19.1. The number of likely N-dealkylation sites (tertiary alicyclic amines) is 1. The lowest BCUT2D eigenvalue weighted by Crippen LogP contribution is -2.37. The van der Waals surface area contributed by atoms with Crippen LogP contribution in [0.25, 0.3) is 0 Å². The molecule has 1 saturated carbocycles. The number of amides is 1. The Bertz CT molecular complexity index is 339. The molecule has 0 aromatic heterocycles. The van der Waals surface area contributed by atoms with E-state index < -0.39 is 5.67 Å². The van der Waals surface area contributed by atoms with Gasteiger partial charge in [0.1, 0.15) is 5.67 Å². The minimum atomic E-state index is -1.25. The first-order valence-corrected chi connectivity index (χ1v) is 6.55. The fourth-order valence-electron chi connectivity index (χ4n) is 3.07. The molecule has 0 N–H and O–H groups in total. The first-order chi connectivity index (χ1) is 7.56. The maximum atomic E-state index is 14.6. The number of carbonyl (C=O) groups excluding carboxylic acids is 1. The zero-order valence-electron chi connectivity index (χ0n) is 11.6. The largest absolute Gasteiger partial charge is 0.339 e. The Morgan fingerprint density at radius 3 is 2.18 bits per heavy atom. The van der Waals surface area contributed by atoms with Gasteiger partial charge in [-0.05, 0) is 25.2 Å². The van der Waals surface area contributed by atoms with Crippen LogP contribution in [0.15, 0.2) is 0 Å². The molecule has 1 saturated heterocycles. The minimum Gasteiger partial charge on any atom is -0.339 e. The van der Waals surface area contributed by atoms with Crippen molar-refractivity contribution in [3.8, 4) is 0 Å². The number of rotatable bonds is 1. The van der Waals surface area contributed by atoms with Crippen molar-refractivity contribution in [3.05, 3.63) is 0 Å². The Kier molecular flexibility index (Phi) is 2.61. The van der Waals surface area contributed by atoms with E-state index in [0.29, 0.717) is 6.54 Å². The summed E-state index contributed by atoms with van der Waals surface area (Å²) in [5.41, 5.74) is -1.52. The van der Waals surface area contributed by atoms with Gasteiger partial charge in [0.2, 0.25) is 5.91 Å². The number of carbonyl (C=O) groups is 1. The van der Waals surface area contributed by atoms with Gasteiger partial charge in [-0.25, -0.2) is 4.39 Å². The summed E-state index contributed by atoms with van der Waals surface area (Å²) >= 11 is 0. The summed E-state index contributed by atoms with van der Waals surface area (Å²) in [7, 11) is 0. The molecule has 0 aromatic carbocycles. The van der Waals surface area contributed by atoms with Gasteiger partial charge in [-0.3, -0.25) is 4.79 Å². The van der Waals surface area contributed by atoms with E-state index in [1.165, 1.54) is 0 Å². The summed E-state index contributed by atoms with van der Waals surface area (Å²) in [4.78, 5) is 14.0. The van der Waals surface area contributed by atoms with Crippen molar-refractivity contribution in [3.63, 3.8) is 0 Å². The van der Waals surface area contributed by atoms with Crippen molar-refractivity contribution in [2.45, 2.75) is 53.1 Å². The lowest BCUT2D eigenvalue weighted by atomic mass is 9.74. The summed E-state index contributed by atoms with van der Waals surface area (Å²) in [5.74, 6) is 0.0921. The molecule has 17 heavy (non-hydrogen) atoms. The molecule has 98 valence electrons. The molecule has 2 fully saturated rings. The van der Waals surface area contributed by atoms with Gasteiger partial charge in [-0.2, -0.15) is 0 Å². The highest BCUT2D eigenvalue weighted by Crippen LogP contribution is 2.49. The van der Waals surface area contributed by atoms with Crippen LogP contribution in [0, 0.1) is 16.7 Å². The molecular weight excluding hydrogens is 217 g/mol. The van der Waals surface area contributed by atoms with E-state index in [4.69, 9.17) is 0 Å². The van der Waals surface area contributed by atoms with Crippen LogP contribution in [-0.4, -0.2) is 29.6 Å². The summed E-state index contributed by atoms with van der Waals surface area (Å²) in [6, 6.07) is 0. The molecule has 0 spiro atoms. The van der Waals surface area contributed by atoms with Gasteiger partial charge in [-0.15, -0.1) is 0 Å². The SMILES string of the molecule is CC1(C(=O)N2CC(C(C)(C)C)C(C)(F)C2)CC1. The van der Waals surface area contributed by atoms with E-state index >= 15 is 0 Å². The third-order valence-electron chi connectivity index (χ3n) is 4.48. The lowest BCUT2D eigenvalue weighted by Gasteiger charge is -2.33. The predicted molar refractivity (Wildman–Crippen MR) is 66.4 cm³/mol. The van der Waals surface area contributed by atoms with Crippen LogP contribution in [0.5, 0.6) is 0 Å². The Balaban J connectivity index is 2.13. The van der Waals surface area contributed by atoms with Gasteiger partial charge in [0.25, 0.3) is 0 Å². The van der Waals surface area contributed by atoms with Crippen LogP contribution in [0.4, 0.5) is 4.39 Å². The first kappa shape index (κ1) is 12.8. The standard InChI is InChI=1S/C14H24FNO/c1-12(2,3)10-8-16(9-14(10,5)15)11(17)13(4)6-7-13/h10H,6-9H2,1-5H3. The molecule has 0 bridgehead atoms. The fourth-order valence-corrected chi connectivity index (χ4v) is 3.07. The van der Waals surface area contributed by atoms with Crippen LogP contribution in [0.2, 0.25) is 0 Å². The molecule has 1 aliphatic carbocycles. The smallest absolute Gasteiger partial charge is 0.228 e. The third kappa shape index (κ3) is 2.21. The van der Waals surface area contributed by atoms with Gasteiger partial charge in [0, 0.05) is 17.9 Å². The van der Waals surface area contributed by atoms with Crippen molar-refractivity contribution >= 4 is 5.91 Å². The fraction of sp³-hybridized carbons (Fsp3) is 0.929. The van der Waals surface area contributed by atoms with Gasteiger partial charge >= 0.3 is 0 Å². The van der Waals surface area contributed by atoms with E-state index in [0.717, 1.165) is 12.8 Å². The van der Waals surface area contributed by atoms with Gasteiger partial charge in [0.15, 0.2) is 0 Å². The van der Waals surface area contributed by atoms with E-state index in [-0.39, 0.29) is 29.2 Å². The van der Waals surface area contributed by atoms with Gasteiger partial charge < -0.3 is 4.90 Å². The lowest BCUT2D eigenvalue weighted by molar-refractivity contribution is -0.135. The van der Waals surface area contributed by atoms with Crippen LogP contribution >= 0.6 is 0 Å². The molecule has 0 radical (unpaired) electrons. The third-order valence-corrected chi connectivity index (χ3v) is 4.48. The number of nitrogens with zero attached hydrogens (tertiary/aromatic N) is 1. The van der Waals surface area contributed by atoms with E-state index in [2.05, 4.69) is 20.8 Å². The van der Waals surface area contributed by atoms with Crippen molar-refractivity contribution in [1.82, 2.24) is 4.90 Å². The average Bonchev–Trinajstić information content (AvgIpc) is 2.79. The summed E-state index contributed by atoms with van der Waals surface area (Å²) in [6.07, 6.45) is 1.93. The number of alkyl halides is 1. The van der Waals surface area contributed by atoms with E-state index in [1.54, 1.807) is 11.8 Å². The number of hydrogen-bond donors (Lipinski definition) is 0. The molecule has 1 amide bonds. The van der Waals surface area contributed by atoms with Crippen LogP contribution < -0.4 is 0 Å². The van der Waals surface area contributed by atoms with Gasteiger partial charge in [0.05, 0.1) is 6.54 Å². The molecule has 2 nitrogen and oxygen atoms in total. The quantitative estimate of drug-likeness (QED) is 0.691. The van der Waals surface area contributed by atoms with Crippen LogP contribution in [-0.2, 0) is 4.79 Å². The number of halogens is 1. The van der Waals surface area contributed by atoms with Crippen molar-refractivity contribution in [2.24, 2.45) is 16.7 Å². The second-order valence-corrected chi connectivity index (χ2v) is 7.44. The normalized spacial score (nSPS) is 36.1. The van der Waals surface area contributed by atoms with E-state index in [9.17, 15) is 9.18 Å². The molecule has 2 aliphatic rings. The summed E-state index contributed by atoms with van der Waals surface area (Å²) < 4.78 is 14.6. The second kappa shape index (κ2) is 3.46.